The fraction of sp³-hybridized carbons (Fsp3) is 0.111. The van der Waals surface area contributed by atoms with E-state index < -0.39 is 52.0 Å². The maximum absolute atomic E-state index is 14.7. The number of nitrogens with zero attached hydrogens (tertiary/aromatic N) is 2. The molecule has 0 unspecified atom stereocenters. The van der Waals surface area contributed by atoms with Gasteiger partial charge in [-0.3, -0.25) is 9.48 Å². The van der Waals surface area contributed by atoms with Crippen LogP contribution in [-0.2, 0) is 13.2 Å². The highest BCUT2D eigenvalue weighted by atomic mass is 19.4. The minimum Gasteiger partial charge on any atom is -0.365 e. The molecule has 28 heavy (non-hydrogen) atoms. The Kier molecular flexibility index (Phi) is 4.66. The zero-order valence-corrected chi connectivity index (χ0v) is 14.1. The van der Waals surface area contributed by atoms with E-state index in [1.807, 2.05) is 0 Å². The average molecular weight is 399 g/mol. The quantitative estimate of drug-likeness (QED) is 0.528. The Morgan fingerprint density at radius 3 is 2.21 bits per heavy atom. The van der Waals surface area contributed by atoms with Gasteiger partial charge in [0.15, 0.2) is 23.1 Å². The van der Waals surface area contributed by atoms with Crippen molar-refractivity contribution in [2.45, 2.75) is 6.18 Å². The summed E-state index contributed by atoms with van der Waals surface area (Å²) in [5.41, 5.74) is 0.734. The summed E-state index contributed by atoms with van der Waals surface area (Å²) in [5, 5.41) is 3.22. The Labute approximate surface area is 154 Å². The lowest BCUT2D eigenvalue weighted by atomic mass is 9.94. The molecule has 10 heteroatoms. The summed E-state index contributed by atoms with van der Waals surface area (Å²) in [6.45, 7) is 0. The number of rotatable bonds is 3. The van der Waals surface area contributed by atoms with Crippen molar-refractivity contribution in [2.24, 2.45) is 12.8 Å². The molecule has 0 spiro atoms. The highest BCUT2D eigenvalue weighted by Gasteiger charge is 2.42. The second kappa shape index (κ2) is 6.70. The molecule has 0 aliphatic heterocycles. The molecule has 3 rings (SSSR count). The first kappa shape index (κ1) is 19.5. The smallest absolute Gasteiger partial charge is 0.365 e. The molecule has 0 atom stereocenters. The van der Waals surface area contributed by atoms with E-state index in [0.717, 1.165) is 7.05 Å². The van der Waals surface area contributed by atoms with Gasteiger partial charge >= 0.3 is 6.18 Å². The van der Waals surface area contributed by atoms with Gasteiger partial charge in [0, 0.05) is 12.6 Å². The zero-order chi connectivity index (χ0) is 20.8. The van der Waals surface area contributed by atoms with Crippen LogP contribution in [0.2, 0.25) is 0 Å². The molecule has 0 radical (unpaired) electrons. The third kappa shape index (κ3) is 3.10. The highest BCUT2D eigenvalue weighted by Crippen LogP contribution is 2.41. The van der Waals surface area contributed by atoms with Crippen LogP contribution in [0, 0.1) is 17.5 Å². The van der Waals surface area contributed by atoms with Gasteiger partial charge in [0.25, 0.3) is 5.91 Å². The van der Waals surface area contributed by atoms with Crippen molar-refractivity contribution in [3.8, 4) is 22.4 Å². The van der Waals surface area contributed by atoms with Gasteiger partial charge in [0.05, 0.1) is 11.3 Å². The van der Waals surface area contributed by atoms with E-state index in [-0.39, 0.29) is 11.1 Å². The van der Waals surface area contributed by atoms with Crippen LogP contribution in [0.3, 0.4) is 0 Å². The van der Waals surface area contributed by atoms with Crippen LogP contribution in [0.1, 0.15) is 16.1 Å². The van der Waals surface area contributed by atoms with E-state index >= 15 is 0 Å². The summed E-state index contributed by atoms with van der Waals surface area (Å²) >= 11 is 0. The lowest BCUT2D eigenvalue weighted by Crippen LogP contribution is -2.19. The molecule has 3 aromatic rings. The second-order valence-electron chi connectivity index (χ2n) is 5.83. The van der Waals surface area contributed by atoms with Crippen molar-refractivity contribution in [3.63, 3.8) is 0 Å². The van der Waals surface area contributed by atoms with Gasteiger partial charge in [-0.05, 0) is 17.2 Å². The Morgan fingerprint density at radius 2 is 1.68 bits per heavy atom. The van der Waals surface area contributed by atoms with Crippen molar-refractivity contribution >= 4 is 5.91 Å². The average Bonchev–Trinajstić information content (AvgIpc) is 2.98. The third-order valence-corrected chi connectivity index (χ3v) is 4.05. The summed E-state index contributed by atoms with van der Waals surface area (Å²) in [7, 11) is 1.01. The van der Waals surface area contributed by atoms with Crippen LogP contribution < -0.4 is 5.73 Å². The minimum absolute atomic E-state index is 0.181. The number of nitrogens with two attached hydrogens (primary N) is 1. The van der Waals surface area contributed by atoms with Crippen LogP contribution in [-0.4, -0.2) is 15.7 Å². The van der Waals surface area contributed by atoms with E-state index in [1.54, 1.807) is 6.07 Å². The van der Waals surface area contributed by atoms with Crippen molar-refractivity contribution in [1.82, 2.24) is 9.78 Å². The molecule has 0 saturated heterocycles. The predicted molar refractivity (Wildman–Crippen MR) is 87.5 cm³/mol. The molecule has 146 valence electrons. The first-order valence-electron chi connectivity index (χ1n) is 7.71. The topological polar surface area (TPSA) is 60.9 Å². The molecule has 0 aliphatic carbocycles. The molecule has 0 saturated carbocycles. The summed E-state index contributed by atoms with van der Waals surface area (Å²) in [5.74, 6) is -6.75. The van der Waals surface area contributed by atoms with Crippen LogP contribution in [0.4, 0.5) is 26.3 Å². The van der Waals surface area contributed by atoms with Gasteiger partial charge in [-0.25, -0.2) is 13.2 Å². The van der Waals surface area contributed by atoms with Crippen LogP contribution in [0.5, 0.6) is 0 Å². The van der Waals surface area contributed by atoms with Crippen LogP contribution in [0.15, 0.2) is 36.4 Å². The minimum atomic E-state index is -5.08. The van der Waals surface area contributed by atoms with Gasteiger partial charge < -0.3 is 5.73 Å². The molecule has 2 N–H and O–H groups in total. The SMILES string of the molecule is Cn1nc(C(F)(F)F)c(C(N)=O)c1-c1c(-c2ccccc2)cc(F)c(F)c1F. The lowest BCUT2D eigenvalue weighted by molar-refractivity contribution is -0.141. The number of amides is 1. The Hall–Kier alpha value is -3.30. The van der Waals surface area contributed by atoms with E-state index in [4.69, 9.17) is 5.73 Å². The van der Waals surface area contributed by atoms with Crippen LogP contribution >= 0.6 is 0 Å². The molecule has 1 aromatic heterocycles. The van der Waals surface area contributed by atoms with E-state index in [1.165, 1.54) is 24.3 Å². The Balaban J connectivity index is 2.48. The summed E-state index contributed by atoms with van der Waals surface area (Å²) < 4.78 is 82.9. The fourth-order valence-corrected chi connectivity index (χ4v) is 2.91. The number of aromatic nitrogens is 2. The maximum Gasteiger partial charge on any atom is 0.435 e. The van der Waals surface area contributed by atoms with Crippen molar-refractivity contribution in [1.29, 1.82) is 0 Å². The predicted octanol–water partition coefficient (Wildman–Crippen LogP) is 4.29. The number of benzene rings is 2. The number of carbonyl (C=O) groups is 1. The molecule has 2 aromatic carbocycles. The Bertz CT molecular complexity index is 1070. The normalized spacial score (nSPS) is 11.7. The summed E-state index contributed by atoms with van der Waals surface area (Å²) in [4.78, 5) is 11.8. The number of aryl methyl sites for hydroxylation is 1. The van der Waals surface area contributed by atoms with Crippen LogP contribution in [0.25, 0.3) is 22.4 Å². The molecule has 0 aliphatic rings. The summed E-state index contributed by atoms with van der Waals surface area (Å²) in [6.07, 6.45) is -5.08. The second-order valence-corrected chi connectivity index (χ2v) is 5.83. The third-order valence-electron chi connectivity index (χ3n) is 4.05. The molecule has 1 amide bonds. The largest absolute Gasteiger partial charge is 0.435 e. The lowest BCUT2D eigenvalue weighted by Gasteiger charge is -2.14. The van der Waals surface area contributed by atoms with E-state index in [9.17, 15) is 31.1 Å². The summed E-state index contributed by atoms with van der Waals surface area (Å²) in [6, 6.07) is 8.09. The van der Waals surface area contributed by atoms with Gasteiger partial charge in [0.1, 0.15) is 0 Å². The first-order valence-corrected chi connectivity index (χ1v) is 7.71. The van der Waals surface area contributed by atoms with Crippen molar-refractivity contribution in [3.05, 3.63) is 65.1 Å². The number of primary amides is 1. The van der Waals surface area contributed by atoms with Gasteiger partial charge in [-0.1, -0.05) is 30.3 Å². The molecular formula is C18H11F6N3O. The monoisotopic (exact) mass is 399 g/mol. The number of alkyl halides is 3. The van der Waals surface area contributed by atoms with E-state index in [0.29, 0.717) is 10.7 Å². The molecular weight excluding hydrogens is 388 g/mol. The number of carbonyl (C=O) groups excluding carboxylic acids is 1. The standard InChI is InChI=1S/C18H11F6N3O/c1-27-15(12(17(25)28)16(26-27)18(22,23)24)11-9(8-5-3-2-4-6-8)7-10(19)13(20)14(11)21/h2-7H,1H3,(H2,25,28). The highest BCUT2D eigenvalue weighted by molar-refractivity contribution is 6.02. The zero-order valence-electron chi connectivity index (χ0n) is 14.1. The Morgan fingerprint density at radius 1 is 1.07 bits per heavy atom. The van der Waals surface area contributed by atoms with E-state index in [2.05, 4.69) is 5.10 Å². The number of hydrogen-bond donors (Lipinski definition) is 1. The van der Waals surface area contributed by atoms with Gasteiger partial charge in [-0.15, -0.1) is 0 Å². The molecule has 0 fully saturated rings. The van der Waals surface area contributed by atoms with Crippen molar-refractivity contribution in [2.75, 3.05) is 0 Å². The first-order chi connectivity index (χ1) is 13.0. The number of halogens is 6. The number of hydrogen-bond acceptors (Lipinski definition) is 2. The van der Waals surface area contributed by atoms with Gasteiger partial charge in [0.2, 0.25) is 0 Å². The fourth-order valence-electron chi connectivity index (χ4n) is 2.91. The van der Waals surface area contributed by atoms with Gasteiger partial charge in [-0.2, -0.15) is 18.3 Å². The molecule has 4 nitrogen and oxygen atoms in total. The maximum atomic E-state index is 14.7. The molecule has 1 heterocycles. The van der Waals surface area contributed by atoms with Crippen molar-refractivity contribution < 1.29 is 31.1 Å². The molecule has 0 bridgehead atoms.